The van der Waals surface area contributed by atoms with Crippen LogP contribution in [0.1, 0.15) is 35.2 Å². The Labute approximate surface area is 137 Å². The molecule has 0 saturated heterocycles. The van der Waals surface area contributed by atoms with Crippen molar-refractivity contribution in [2.75, 3.05) is 6.54 Å². The minimum atomic E-state index is 0.214. The lowest BCUT2D eigenvalue weighted by Crippen LogP contribution is -2.23. The van der Waals surface area contributed by atoms with Crippen molar-refractivity contribution in [1.82, 2.24) is 5.32 Å². The molecule has 0 saturated carbocycles. The Bertz CT molecular complexity index is 582. The average molecular weight is 322 g/mol. The molecule has 0 aliphatic carbocycles. The van der Waals surface area contributed by atoms with E-state index >= 15 is 0 Å². The smallest absolute Gasteiger partial charge is 0.0453 e. The van der Waals surface area contributed by atoms with Gasteiger partial charge in [-0.1, -0.05) is 65.5 Å². The number of hydrogen-bond acceptors (Lipinski definition) is 1. The third-order valence-electron chi connectivity index (χ3n) is 3.57. The van der Waals surface area contributed by atoms with Crippen LogP contribution in [0.5, 0.6) is 0 Å². The third-order valence-corrected chi connectivity index (χ3v) is 4.28. The quantitative estimate of drug-likeness (QED) is 0.766. The van der Waals surface area contributed by atoms with Gasteiger partial charge in [0.05, 0.1) is 0 Å². The topological polar surface area (TPSA) is 12.0 Å². The summed E-state index contributed by atoms with van der Waals surface area (Å²) in [6.07, 6.45) is 0.787. The van der Waals surface area contributed by atoms with Gasteiger partial charge in [0.2, 0.25) is 0 Å². The average Bonchev–Trinajstić information content (AvgIpc) is 2.40. The Hall–Kier alpha value is -1.02. The van der Waals surface area contributed by atoms with Crippen molar-refractivity contribution in [3.8, 4) is 0 Å². The van der Waals surface area contributed by atoms with Gasteiger partial charge in [-0.15, -0.1) is 0 Å². The lowest BCUT2D eigenvalue weighted by molar-refractivity contribution is 0.549. The molecule has 1 N–H and O–H groups in total. The van der Waals surface area contributed by atoms with Crippen LogP contribution in [-0.4, -0.2) is 6.54 Å². The fourth-order valence-electron chi connectivity index (χ4n) is 2.70. The molecule has 0 heterocycles. The molecule has 1 nitrogen and oxygen atoms in total. The third kappa shape index (κ3) is 4.23. The lowest BCUT2D eigenvalue weighted by Gasteiger charge is -2.21. The number of halogens is 2. The van der Waals surface area contributed by atoms with Gasteiger partial charge in [-0.2, -0.15) is 0 Å². The van der Waals surface area contributed by atoms with Crippen LogP contribution < -0.4 is 5.32 Å². The van der Waals surface area contributed by atoms with E-state index < -0.39 is 0 Å². The summed E-state index contributed by atoms with van der Waals surface area (Å²) in [4.78, 5) is 0. The van der Waals surface area contributed by atoms with E-state index in [1.165, 1.54) is 16.7 Å². The Morgan fingerprint density at radius 1 is 1.00 bits per heavy atom. The van der Waals surface area contributed by atoms with Crippen molar-refractivity contribution < 1.29 is 0 Å². The monoisotopic (exact) mass is 321 g/mol. The molecule has 2 aromatic rings. The molecule has 0 bridgehead atoms. The first-order chi connectivity index (χ1) is 10.0. The van der Waals surface area contributed by atoms with Crippen molar-refractivity contribution in [3.05, 3.63) is 68.7 Å². The molecule has 0 fully saturated rings. The summed E-state index contributed by atoms with van der Waals surface area (Å²) in [7, 11) is 0. The van der Waals surface area contributed by atoms with Gasteiger partial charge in [0.25, 0.3) is 0 Å². The van der Waals surface area contributed by atoms with E-state index in [9.17, 15) is 0 Å². The van der Waals surface area contributed by atoms with Gasteiger partial charge in [-0.25, -0.2) is 0 Å². The maximum absolute atomic E-state index is 6.31. The fourth-order valence-corrected chi connectivity index (χ4v) is 3.25. The van der Waals surface area contributed by atoms with E-state index in [2.05, 4.69) is 44.3 Å². The van der Waals surface area contributed by atoms with Crippen LogP contribution in [0.4, 0.5) is 0 Å². The van der Waals surface area contributed by atoms with Crippen LogP contribution in [-0.2, 0) is 6.42 Å². The highest BCUT2D eigenvalue weighted by molar-refractivity contribution is 6.36. The van der Waals surface area contributed by atoms with E-state index in [1.54, 1.807) is 0 Å². The number of benzene rings is 2. The first-order valence-electron chi connectivity index (χ1n) is 7.25. The molecule has 1 unspecified atom stereocenters. The van der Waals surface area contributed by atoms with Crippen LogP contribution in [0, 0.1) is 13.8 Å². The zero-order valence-electron chi connectivity index (χ0n) is 12.7. The molecule has 3 heteroatoms. The zero-order valence-corrected chi connectivity index (χ0v) is 14.2. The predicted molar refractivity (Wildman–Crippen MR) is 92.5 cm³/mol. The van der Waals surface area contributed by atoms with Crippen molar-refractivity contribution in [3.63, 3.8) is 0 Å². The van der Waals surface area contributed by atoms with Crippen molar-refractivity contribution in [1.29, 1.82) is 0 Å². The van der Waals surface area contributed by atoms with Crippen molar-refractivity contribution in [2.45, 2.75) is 33.2 Å². The summed E-state index contributed by atoms with van der Waals surface area (Å²) >= 11 is 12.6. The van der Waals surface area contributed by atoms with Gasteiger partial charge < -0.3 is 5.32 Å². The Morgan fingerprint density at radius 2 is 1.57 bits per heavy atom. The maximum Gasteiger partial charge on any atom is 0.0453 e. The molecule has 21 heavy (non-hydrogen) atoms. The molecular weight excluding hydrogens is 301 g/mol. The van der Waals surface area contributed by atoms with Crippen LogP contribution in [0.3, 0.4) is 0 Å². The molecule has 0 radical (unpaired) electrons. The molecule has 0 aromatic heterocycles. The van der Waals surface area contributed by atoms with Crippen LogP contribution in [0.25, 0.3) is 0 Å². The molecule has 0 aliphatic rings. The van der Waals surface area contributed by atoms with E-state index in [0.29, 0.717) is 0 Å². The molecule has 2 rings (SSSR count). The second-order valence-electron chi connectivity index (χ2n) is 5.44. The highest BCUT2D eigenvalue weighted by Gasteiger charge is 2.16. The van der Waals surface area contributed by atoms with E-state index in [4.69, 9.17) is 23.2 Å². The second kappa shape index (κ2) is 7.31. The van der Waals surface area contributed by atoms with Gasteiger partial charge >= 0.3 is 0 Å². The molecule has 112 valence electrons. The largest absolute Gasteiger partial charge is 0.310 e. The van der Waals surface area contributed by atoms with Gasteiger partial charge in [-0.3, -0.25) is 0 Å². The first kappa shape index (κ1) is 16.4. The van der Waals surface area contributed by atoms with Crippen molar-refractivity contribution in [2.24, 2.45) is 0 Å². The number of nitrogens with one attached hydrogen (secondary N) is 1. The van der Waals surface area contributed by atoms with Gasteiger partial charge in [0.15, 0.2) is 0 Å². The number of hydrogen-bond donors (Lipinski definition) is 1. The van der Waals surface area contributed by atoms with E-state index in [-0.39, 0.29) is 6.04 Å². The van der Waals surface area contributed by atoms with Crippen LogP contribution in [0.15, 0.2) is 36.4 Å². The van der Waals surface area contributed by atoms with E-state index in [1.807, 2.05) is 18.2 Å². The predicted octanol–water partition coefficient (Wildman–Crippen LogP) is 5.50. The van der Waals surface area contributed by atoms with E-state index in [0.717, 1.165) is 28.6 Å². The van der Waals surface area contributed by atoms with Gasteiger partial charge in [-0.05, 0) is 50.1 Å². The zero-order chi connectivity index (χ0) is 15.4. The second-order valence-corrected chi connectivity index (χ2v) is 6.25. The molecule has 0 amide bonds. The molecule has 2 aromatic carbocycles. The summed E-state index contributed by atoms with van der Waals surface area (Å²) in [5.41, 5.74) is 4.84. The number of likely N-dealkylation sites (N-methyl/N-ethyl adjacent to an activating group) is 1. The lowest BCUT2D eigenvalue weighted by atomic mass is 9.96. The minimum Gasteiger partial charge on any atom is -0.310 e. The molecular formula is C18H21Cl2N. The maximum atomic E-state index is 6.31. The molecule has 0 spiro atoms. The summed E-state index contributed by atoms with van der Waals surface area (Å²) in [6, 6.07) is 12.5. The summed E-state index contributed by atoms with van der Waals surface area (Å²) in [5.74, 6) is 0. The van der Waals surface area contributed by atoms with Gasteiger partial charge in [0, 0.05) is 16.1 Å². The number of aryl methyl sites for hydroxylation is 2. The Balaban J connectivity index is 2.35. The standard InChI is InChI=1S/C18H21Cl2N/c1-4-21-18(14-9-12(2)8-13(3)10-14)11-15-16(19)6-5-7-17(15)20/h5-10,18,21H,4,11H2,1-3H3. The minimum absolute atomic E-state index is 0.214. The summed E-state index contributed by atoms with van der Waals surface area (Å²) < 4.78 is 0. The fraction of sp³-hybridized carbons (Fsp3) is 0.333. The number of rotatable bonds is 5. The SMILES string of the molecule is CCNC(Cc1c(Cl)cccc1Cl)c1cc(C)cc(C)c1. The molecule has 0 aliphatic heterocycles. The normalized spacial score (nSPS) is 12.4. The van der Waals surface area contributed by atoms with Crippen LogP contribution >= 0.6 is 23.2 Å². The Morgan fingerprint density at radius 3 is 2.10 bits per heavy atom. The Kier molecular flexibility index (Phi) is 5.69. The van der Waals surface area contributed by atoms with Crippen LogP contribution in [0.2, 0.25) is 10.0 Å². The van der Waals surface area contributed by atoms with Crippen molar-refractivity contribution >= 4 is 23.2 Å². The highest BCUT2D eigenvalue weighted by Crippen LogP contribution is 2.30. The highest BCUT2D eigenvalue weighted by atomic mass is 35.5. The summed E-state index contributed by atoms with van der Waals surface area (Å²) in [5, 5.41) is 5.00. The first-order valence-corrected chi connectivity index (χ1v) is 8.01. The summed E-state index contributed by atoms with van der Waals surface area (Å²) in [6.45, 7) is 7.27. The molecule has 1 atom stereocenters. The van der Waals surface area contributed by atoms with Gasteiger partial charge in [0.1, 0.15) is 0 Å².